The Labute approximate surface area is 159 Å². The van der Waals surface area contributed by atoms with Crippen molar-refractivity contribution >= 4 is 17.8 Å². The summed E-state index contributed by atoms with van der Waals surface area (Å²) in [6.45, 7) is 4.54. The number of halogens is 2. The highest BCUT2D eigenvalue weighted by molar-refractivity contribution is 5.60. The Morgan fingerprint density at radius 3 is 1.89 bits per heavy atom. The Morgan fingerprint density at radius 1 is 0.857 bits per heavy atom. The Balaban J connectivity index is 1.80. The Kier molecular flexibility index (Phi) is 5.39. The van der Waals surface area contributed by atoms with Gasteiger partial charge in [0, 0.05) is 32.4 Å². The highest BCUT2D eigenvalue weighted by Gasteiger charge is 2.25. The average molecular weight is 394 g/mol. The molecule has 4 heterocycles. The van der Waals surface area contributed by atoms with Gasteiger partial charge >= 0.3 is 0 Å². The number of alkyl halides is 2. The van der Waals surface area contributed by atoms with Gasteiger partial charge in [-0.2, -0.15) is 15.0 Å². The molecule has 2 fully saturated rings. The zero-order valence-corrected chi connectivity index (χ0v) is 15.1. The minimum absolute atomic E-state index is 0.0439. The quantitative estimate of drug-likeness (QED) is 0.787. The highest BCUT2D eigenvalue weighted by atomic mass is 19.3. The molecule has 0 atom stereocenters. The van der Waals surface area contributed by atoms with Crippen LogP contribution in [0, 0.1) is 0 Å². The van der Waals surface area contributed by atoms with Gasteiger partial charge in [0.05, 0.1) is 32.0 Å². The molecule has 2 aromatic rings. The first-order chi connectivity index (χ1) is 13.6. The smallest absolute Gasteiger partial charge is 0.267 e. The summed E-state index contributed by atoms with van der Waals surface area (Å²) in [6.07, 6.45) is -1.78. The molecule has 2 saturated heterocycles. The van der Waals surface area contributed by atoms with Gasteiger partial charge in [0.25, 0.3) is 6.43 Å². The lowest BCUT2D eigenvalue weighted by molar-refractivity contribution is 0.121. The van der Waals surface area contributed by atoms with Crippen LogP contribution in [0.3, 0.4) is 0 Å². The van der Waals surface area contributed by atoms with E-state index in [1.165, 1.54) is 0 Å². The van der Waals surface area contributed by atoms with E-state index < -0.39 is 6.43 Å². The lowest BCUT2D eigenvalue weighted by Crippen LogP contribution is -2.40. The summed E-state index contributed by atoms with van der Waals surface area (Å²) in [5.41, 5.74) is 5.17. The molecule has 10 nitrogen and oxygen atoms in total. The topological polar surface area (TPSA) is 115 Å². The van der Waals surface area contributed by atoms with E-state index in [9.17, 15) is 8.78 Å². The largest absolute Gasteiger partial charge is 0.378 e. The molecule has 0 bridgehead atoms. The van der Waals surface area contributed by atoms with E-state index in [1.807, 2.05) is 9.80 Å². The molecule has 0 aliphatic carbocycles. The van der Waals surface area contributed by atoms with Crippen LogP contribution >= 0.6 is 0 Å². The van der Waals surface area contributed by atoms with E-state index in [2.05, 4.69) is 24.9 Å². The molecule has 0 radical (unpaired) electrons. The standard InChI is InChI=1S/C16H20F2N8O2/c17-12(18)10-9-20-14(19)21-11(10)13-22-15(25-1-5-27-6-2-25)24-16(23-13)26-3-7-28-8-4-26/h9,12H,1-8H2,(H2,19,20,21). The number of nitrogens with two attached hydrogens (primary N) is 1. The van der Waals surface area contributed by atoms with Crippen molar-refractivity contribution in [3.63, 3.8) is 0 Å². The van der Waals surface area contributed by atoms with Crippen LogP contribution in [0.1, 0.15) is 12.0 Å². The van der Waals surface area contributed by atoms with Crippen molar-refractivity contribution in [3.05, 3.63) is 11.8 Å². The van der Waals surface area contributed by atoms with E-state index in [0.29, 0.717) is 64.5 Å². The molecule has 0 aromatic carbocycles. The molecular weight excluding hydrogens is 374 g/mol. The fourth-order valence-electron chi connectivity index (χ4n) is 3.01. The molecule has 0 saturated carbocycles. The van der Waals surface area contributed by atoms with Crippen molar-refractivity contribution in [3.8, 4) is 11.5 Å². The van der Waals surface area contributed by atoms with Gasteiger partial charge in [0.2, 0.25) is 17.8 Å². The fraction of sp³-hybridized carbons (Fsp3) is 0.562. The predicted molar refractivity (Wildman–Crippen MR) is 96.3 cm³/mol. The first kappa shape index (κ1) is 18.6. The number of aromatic nitrogens is 5. The van der Waals surface area contributed by atoms with Gasteiger partial charge in [0.1, 0.15) is 5.69 Å². The number of ether oxygens (including phenoxy) is 2. The van der Waals surface area contributed by atoms with Crippen LogP contribution in [0.4, 0.5) is 26.6 Å². The highest BCUT2D eigenvalue weighted by Crippen LogP contribution is 2.29. The zero-order valence-electron chi connectivity index (χ0n) is 15.1. The SMILES string of the molecule is Nc1ncc(C(F)F)c(-c2nc(N3CCOCC3)nc(N3CCOCC3)n2)n1. The summed E-state index contributed by atoms with van der Waals surface area (Å²) >= 11 is 0. The Morgan fingerprint density at radius 2 is 1.39 bits per heavy atom. The van der Waals surface area contributed by atoms with Gasteiger partial charge in [-0.1, -0.05) is 0 Å². The zero-order chi connectivity index (χ0) is 19.5. The molecular formula is C16H20F2N8O2. The van der Waals surface area contributed by atoms with Gasteiger partial charge in [-0.05, 0) is 0 Å². The first-order valence-corrected chi connectivity index (χ1v) is 8.94. The summed E-state index contributed by atoms with van der Waals surface area (Å²) in [5, 5.41) is 0. The predicted octanol–water partition coefficient (Wildman–Crippen LogP) is 0.522. The lowest BCUT2D eigenvalue weighted by atomic mass is 10.2. The fourth-order valence-corrected chi connectivity index (χ4v) is 3.01. The summed E-state index contributed by atoms with van der Waals surface area (Å²) in [5.74, 6) is 0.711. The summed E-state index contributed by atoms with van der Waals surface area (Å²) < 4.78 is 37.8. The Bertz CT molecular complexity index is 792. The van der Waals surface area contributed by atoms with Crippen molar-refractivity contribution < 1.29 is 18.3 Å². The van der Waals surface area contributed by atoms with Crippen LogP contribution in [-0.4, -0.2) is 77.5 Å². The monoisotopic (exact) mass is 394 g/mol. The minimum atomic E-state index is -2.79. The van der Waals surface area contributed by atoms with Crippen molar-refractivity contribution in [1.29, 1.82) is 0 Å². The molecule has 2 aromatic heterocycles. The third-order valence-electron chi connectivity index (χ3n) is 4.48. The molecule has 0 spiro atoms. The van der Waals surface area contributed by atoms with Crippen LogP contribution in [0.2, 0.25) is 0 Å². The first-order valence-electron chi connectivity index (χ1n) is 8.94. The molecule has 4 rings (SSSR count). The van der Waals surface area contributed by atoms with E-state index in [-0.39, 0.29) is 23.0 Å². The normalized spacial score (nSPS) is 18.0. The molecule has 2 aliphatic rings. The van der Waals surface area contributed by atoms with E-state index in [0.717, 1.165) is 6.20 Å². The summed E-state index contributed by atoms with van der Waals surface area (Å²) in [4.78, 5) is 24.9. The number of rotatable bonds is 4. The molecule has 0 unspecified atom stereocenters. The number of nitrogens with zero attached hydrogens (tertiary/aromatic N) is 7. The van der Waals surface area contributed by atoms with Crippen molar-refractivity contribution in [2.45, 2.75) is 6.43 Å². The van der Waals surface area contributed by atoms with E-state index >= 15 is 0 Å². The number of hydrogen-bond donors (Lipinski definition) is 1. The maximum Gasteiger partial charge on any atom is 0.267 e. The van der Waals surface area contributed by atoms with Crippen LogP contribution < -0.4 is 15.5 Å². The van der Waals surface area contributed by atoms with Crippen molar-refractivity contribution in [2.24, 2.45) is 0 Å². The second kappa shape index (κ2) is 8.10. The molecule has 2 N–H and O–H groups in total. The third-order valence-corrected chi connectivity index (χ3v) is 4.48. The van der Waals surface area contributed by atoms with Crippen LogP contribution in [0.15, 0.2) is 6.20 Å². The van der Waals surface area contributed by atoms with E-state index in [1.54, 1.807) is 0 Å². The maximum absolute atomic E-state index is 13.5. The van der Waals surface area contributed by atoms with Gasteiger partial charge in [-0.3, -0.25) is 0 Å². The van der Waals surface area contributed by atoms with Crippen molar-refractivity contribution in [1.82, 2.24) is 24.9 Å². The minimum Gasteiger partial charge on any atom is -0.378 e. The number of nitrogen functional groups attached to an aromatic ring is 1. The Hall–Kier alpha value is -2.73. The van der Waals surface area contributed by atoms with E-state index in [4.69, 9.17) is 15.2 Å². The van der Waals surface area contributed by atoms with Crippen molar-refractivity contribution in [2.75, 3.05) is 68.1 Å². The summed E-state index contributed by atoms with van der Waals surface area (Å²) in [7, 11) is 0. The molecule has 150 valence electrons. The van der Waals surface area contributed by atoms with Crippen LogP contribution in [-0.2, 0) is 9.47 Å². The van der Waals surface area contributed by atoms with Crippen LogP contribution in [0.25, 0.3) is 11.5 Å². The maximum atomic E-state index is 13.5. The molecule has 0 amide bonds. The number of morpholine rings is 2. The average Bonchev–Trinajstić information content (AvgIpc) is 2.74. The second-order valence-corrected chi connectivity index (χ2v) is 6.29. The summed E-state index contributed by atoms with van der Waals surface area (Å²) in [6, 6.07) is 0. The van der Waals surface area contributed by atoms with Gasteiger partial charge in [-0.25, -0.2) is 18.7 Å². The van der Waals surface area contributed by atoms with Crippen LogP contribution in [0.5, 0.6) is 0 Å². The number of hydrogen-bond acceptors (Lipinski definition) is 10. The second-order valence-electron chi connectivity index (χ2n) is 6.29. The van der Waals surface area contributed by atoms with Gasteiger partial charge in [-0.15, -0.1) is 0 Å². The lowest BCUT2D eigenvalue weighted by Gasteiger charge is -2.30. The number of anilines is 3. The molecule has 12 heteroatoms. The molecule has 28 heavy (non-hydrogen) atoms. The molecule has 2 aliphatic heterocycles. The third kappa shape index (κ3) is 3.92. The van der Waals surface area contributed by atoms with Gasteiger partial charge < -0.3 is 25.0 Å². The van der Waals surface area contributed by atoms with Gasteiger partial charge in [0.15, 0.2) is 5.82 Å².